The number of nitrogens with zero attached hydrogens (tertiary/aromatic N) is 1. The Kier molecular flexibility index (Phi) is 4.05. The number of fused-ring (bicyclic) bond motifs is 1. The van der Waals surface area contributed by atoms with E-state index in [2.05, 4.69) is 10.8 Å². The molecule has 2 N–H and O–H groups in total. The molecule has 1 saturated carbocycles. The topological polar surface area (TPSA) is 69.6 Å². The Balaban J connectivity index is 1.89. The summed E-state index contributed by atoms with van der Waals surface area (Å²) in [5, 5.41) is 10.4. The van der Waals surface area contributed by atoms with Gasteiger partial charge in [-0.2, -0.15) is 8.42 Å². The maximum Gasteiger partial charge on any atom is 0.323 e. The molecule has 27 heavy (non-hydrogen) atoms. The lowest BCUT2D eigenvalue weighted by molar-refractivity contribution is 0.0786. The van der Waals surface area contributed by atoms with Gasteiger partial charge in [0.15, 0.2) is 0 Å². The van der Waals surface area contributed by atoms with Crippen molar-refractivity contribution in [1.82, 2.24) is 0 Å². The van der Waals surface area contributed by atoms with Crippen LogP contribution in [0.25, 0.3) is 11.1 Å². The smallest absolute Gasteiger partial charge is 0.323 e. The van der Waals surface area contributed by atoms with Crippen molar-refractivity contribution in [2.24, 2.45) is 5.92 Å². The van der Waals surface area contributed by atoms with Crippen LogP contribution in [0.5, 0.6) is 0 Å². The highest BCUT2D eigenvalue weighted by Gasteiger charge is 2.34. The van der Waals surface area contributed by atoms with Crippen molar-refractivity contribution in [1.29, 1.82) is 0 Å². The molecule has 0 bridgehead atoms. The molecule has 1 aliphatic heterocycles. The van der Waals surface area contributed by atoms with Gasteiger partial charge in [0.05, 0.1) is 17.0 Å². The lowest BCUT2D eigenvalue weighted by Crippen LogP contribution is -2.25. The Morgan fingerprint density at radius 1 is 1.22 bits per heavy atom. The van der Waals surface area contributed by atoms with Crippen LogP contribution in [-0.4, -0.2) is 20.6 Å². The summed E-state index contributed by atoms with van der Waals surface area (Å²) >= 11 is 0. The molecule has 1 fully saturated rings. The molecule has 0 spiro atoms. The Hall–Kier alpha value is -2.05. The fourth-order valence-electron chi connectivity index (χ4n) is 3.64. The monoisotopic (exact) mass is 386 g/mol. The van der Waals surface area contributed by atoms with Crippen molar-refractivity contribution < 1.29 is 13.5 Å². The number of hydrogen-bond acceptors (Lipinski definition) is 3. The lowest BCUT2D eigenvalue weighted by Gasteiger charge is -2.20. The van der Waals surface area contributed by atoms with E-state index in [-0.39, 0.29) is 0 Å². The summed E-state index contributed by atoms with van der Waals surface area (Å²) < 4.78 is 28.7. The van der Waals surface area contributed by atoms with Crippen LogP contribution in [0.1, 0.15) is 43.4 Å². The van der Waals surface area contributed by atoms with Crippen molar-refractivity contribution in [3.05, 3.63) is 47.0 Å². The molecule has 4 rings (SSSR count). The summed E-state index contributed by atoms with van der Waals surface area (Å²) in [6.45, 7) is 5.58. The largest absolute Gasteiger partial charge is 0.386 e. The van der Waals surface area contributed by atoms with Crippen molar-refractivity contribution in [3.63, 3.8) is 0 Å². The van der Waals surface area contributed by atoms with Gasteiger partial charge >= 0.3 is 10.2 Å². The average molecular weight is 387 g/mol. The molecule has 0 saturated heterocycles. The Morgan fingerprint density at radius 3 is 2.56 bits per heavy atom. The first kappa shape index (κ1) is 18.3. The van der Waals surface area contributed by atoms with Crippen LogP contribution in [0.3, 0.4) is 0 Å². The second-order valence-corrected chi connectivity index (χ2v) is 10.0. The minimum Gasteiger partial charge on any atom is -0.386 e. The maximum absolute atomic E-state index is 12.4. The first-order chi connectivity index (χ1) is 12.6. The SMILES string of the molecule is Cc1ccc(C(C)(C)O)cc1-c1cc(CC2CC2)c2c(c1)N(C)S(=O)(=O)N2. The van der Waals surface area contributed by atoms with E-state index >= 15 is 0 Å². The molecule has 6 heteroatoms. The van der Waals surface area contributed by atoms with Gasteiger partial charge in [-0.1, -0.05) is 12.1 Å². The van der Waals surface area contributed by atoms with Crippen LogP contribution >= 0.6 is 0 Å². The van der Waals surface area contributed by atoms with Gasteiger partial charge in [0.2, 0.25) is 0 Å². The molecule has 0 aromatic heterocycles. The Morgan fingerprint density at radius 2 is 1.93 bits per heavy atom. The van der Waals surface area contributed by atoms with Gasteiger partial charge in [0.1, 0.15) is 0 Å². The highest BCUT2D eigenvalue weighted by atomic mass is 32.2. The van der Waals surface area contributed by atoms with Gasteiger partial charge in [-0.05, 0) is 92.0 Å². The molecule has 0 atom stereocenters. The Bertz CT molecular complexity index is 1020. The number of hydrogen-bond donors (Lipinski definition) is 2. The predicted molar refractivity (Wildman–Crippen MR) is 109 cm³/mol. The molecule has 1 heterocycles. The van der Waals surface area contributed by atoms with E-state index in [1.54, 1.807) is 20.9 Å². The molecule has 5 nitrogen and oxygen atoms in total. The van der Waals surface area contributed by atoms with Crippen molar-refractivity contribution in [2.75, 3.05) is 16.1 Å². The number of anilines is 2. The van der Waals surface area contributed by atoms with Crippen molar-refractivity contribution in [3.8, 4) is 11.1 Å². The average Bonchev–Trinajstić information content (AvgIpc) is 3.35. The van der Waals surface area contributed by atoms with Gasteiger partial charge in [-0.25, -0.2) is 0 Å². The molecule has 0 unspecified atom stereocenters. The summed E-state index contributed by atoms with van der Waals surface area (Å²) in [4.78, 5) is 0. The van der Waals surface area contributed by atoms with Crippen molar-refractivity contribution in [2.45, 2.75) is 45.6 Å². The summed E-state index contributed by atoms with van der Waals surface area (Å²) in [6, 6.07) is 9.99. The third kappa shape index (κ3) is 3.32. The van der Waals surface area contributed by atoms with Crippen LogP contribution < -0.4 is 9.03 Å². The molecule has 0 radical (unpaired) electrons. The standard InChI is InChI=1S/C21H26N2O3S/c1-13-5-8-17(21(2,3)24)12-18(13)15-10-16(9-14-6-7-14)20-19(11-15)23(4)27(25,26)22-20/h5,8,10-12,14,22,24H,6-7,9H2,1-4H3. The van der Waals surface area contributed by atoms with E-state index in [1.807, 2.05) is 31.2 Å². The summed E-state index contributed by atoms with van der Waals surface area (Å²) in [5.74, 6) is 0.642. The predicted octanol–water partition coefficient (Wildman–Crippen LogP) is 3.95. The van der Waals surface area contributed by atoms with E-state index in [0.717, 1.165) is 34.2 Å². The summed E-state index contributed by atoms with van der Waals surface area (Å²) in [6.07, 6.45) is 3.29. The van der Waals surface area contributed by atoms with Crippen LogP contribution in [0.2, 0.25) is 0 Å². The number of aryl methyl sites for hydroxylation is 1. The summed E-state index contributed by atoms with van der Waals surface area (Å²) in [7, 11) is -1.94. The maximum atomic E-state index is 12.4. The Labute approximate surface area is 161 Å². The molecule has 0 amide bonds. The molecule has 2 aromatic carbocycles. The number of benzene rings is 2. The van der Waals surface area contributed by atoms with Gasteiger partial charge in [-0.3, -0.25) is 9.03 Å². The quantitative estimate of drug-likeness (QED) is 0.836. The molecular formula is C21H26N2O3S. The van der Waals surface area contributed by atoms with E-state index in [4.69, 9.17) is 0 Å². The highest BCUT2D eigenvalue weighted by Crippen LogP contribution is 2.45. The first-order valence-electron chi connectivity index (χ1n) is 9.34. The number of rotatable bonds is 4. The van der Waals surface area contributed by atoms with Crippen molar-refractivity contribution >= 4 is 21.6 Å². The van der Waals surface area contributed by atoms with Crippen LogP contribution in [0.4, 0.5) is 11.4 Å². The highest BCUT2D eigenvalue weighted by molar-refractivity contribution is 7.94. The molecule has 2 aliphatic rings. The fourth-order valence-corrected chi connectivity index (χ4v) is 4.68. The third-order valence-electron chi connectivity index (χ3n) is 5.59. The second-order valence-electron chi connectivity index (χ2n) is 8.34. The minimum absolute atomic E-state index is 0.642. The van der Waals surface area contributed by atoms with Crippen LogP contribution in [0, 0.1) is 12.8 Å². The zero-order valence-electron chi connectivity index (χ0n) is 16.2. The zero-order chi connectivity index (χ0) is 19.6. The van der Waals surface area contributed by atoms with Gasteiger partial charge < -0.3 is 5.11 Å². The van der Waals surface area contributed by atoms with E-state index in [1.165, 1.54) is 17.1 Å². The number of nitrogens with one attached hydrogen (secondary N) is 1. The molecular weight excluding hydrogens is 360 g/mol. The zero-order valence-corrected chi connectivity index (χ0v) is 17.0. The molecule has 144 valence electrons. The molecule has 2 aromatic rings. The van der Waals surface area contributed by atoms with Gasteiger partial charge in [0.25, 0.3) is 0 Å². The second kappa shape index (κ2) is 5.97. The fraction of sp³-hybridized carbons (Fsp3) is 0.429. The first-order valence-corrected chi connectivity index (χ1v) is 10.8. The minimum atomic E-state index is -3.52. The third-order valence-corrected chi connectivity index (χ3v) is 6.97. The normalized spacial score (nSPS) is 18.3. The van der Waals surface area contributed by atoms with E-state index < -0.39 is 15.8 Å². The van der Waals surface area contributed by atoms with Gasteiger partial charge in [-0.15, -0.1) is 0 Å². The van der Waals surface area contributed by atoms with Crippen LogP contribution in [-0.2, 0) is 22.2 Å². The van der Waals surface area contributed by atoms with Gasteiger partial charge in [0, 0.05) is 7.05 Å². The molecule has 1 aliphatic carbocycles. The van der Waals surface area contributed by atoms with Crippen LogP contribution in [0.15, 0.2) is 30.3 Å². The number of aliphatic hydroxyl groups is 1. The summed E-state index contributed by atoms with van der Waals surface area (Å²) in [5.41, 5.74) is 5.46. The lowest BCUT2D eigenvalue weighted by atomic mass is 9.90. The van der Waals surface area contributed by atoms with E-state index in [9.17, 15) is 13.5 Å². The van der Waals surface area contributed by atoms with E-state index in [0.29, 0.717) is 17.3 Å².